The van der Waals surface area contributed by atoms with E-state index in [4.69, 9.17) is 23.8 Å². The monoisotopic (exact) mass is 422 g/mol. The molecule has 1 aliphatic heterocycles. The van der Waals surface area contributed by atoms with Crippen molar-refractivity contribution in [3.63, 3.8) is 0 Å². The van der Waals surface area contributed by atoms with Crippen LogP contribution < -0.4 is 0 Å². The number of rotatable bonds is 5. The molecule has 1 fully saturated rings. The van der Waals surface area contributed by atoms with Crippen LogP contribution in [0, 0.1) is 17.6 Å². The summed E-state index contributed by atoms with van der Waals surface area (Å²) >= 11 is 11.6. The molecule has 0 saturated carbocycles. The van der Waals surface area contributed by atoms with E-state index in [0.29, 0.717) is 34.8 Å². The Morgan fingerprint density at radius 2 is 2.07 bits per heavy atom. The van der Waals surface area contributed by atoms with E-state index in [2.05, 4.69) is 29.1 Å². The quantitative estimate of drug-likeness (QED) is 0.588. The molecule has 0 aromatic carbocycles. The molecular formula is C19H27ClN6OS. The molecule has 1 N–H and O–H groups in total. The number of piperidine rings is 1. The van der Waals surface area contributed by atoms with Gasteiger partial charge in [-0.15, -0.1) is 0 Å². The van der Waals surface area contributed by atoms with Crippen LogP contribution in [0.3, 0.4) is 0 Å². The van der Waals surface area contributed by atoms with Crippen LogP contribution in [0.1, 0.15) is 49.7 Å². The minimum absolute atomic E-state index is 0.000822. The molecule has 0 atom stereocenters. The second kappa shape index (κ2) is 8.61. The maximum atomic E-state index is 12.6. The van der Waals surface area contributed by atoms with Crippen LogP contribution in [-0.4, -0.2) is 48.4 Å². The zero-order valence-electron chi connectivity index (χ0n) is 16.8. The number of nitrogens with zero attached hydrogens (tertiary/aromatic N) is 5. The number of carbonyl (C=O) groups is 1. The van der Waals surface area contributed by atoms with Gasteiger partial charge >= 0.3 is 0 Å². The van der Waals surface area contributed by atoms with Crippen molar-refractivity contribution in [1.29, 1.82) is 0 Å². The number of halogens is 1. The smallest absolute Gasteiger partial charge is 0.246 e. The Morgan fingerprint density at radius 1 is 1.39 bits per heavy atom. The average Bonchev–Trinajstić information content (AvgIpc) is 3.12. The molecule has 152 valence electrons. The van der Waals surface area contributed by atoms with Crippen LogP contribution in [0.15, 0.2) is 6.08 Å². The molecule has 9 heteroatoms. The lowest BCUT2D eigenvalue weighted by Gasteiger charge is -2.30. The third-order valence-corrected chi connectivity index (χ3v) is 5.89. The van der Waals surface area contributed by atoms with Gasteiger partial charge in [0.2, 0.25) is 5.91 Å². The first-order valence-electron chi connectivity index (χ1n) is 9.59. The van der Waals surface area contributed by atoms with Crippen molar-refractivity contribution in [1.82, 2.24) is 29.4 Å². The molecule has 0 radical (unpaired) electrons. The van der Waals surface area contributed by atoms with Gasteiger partial charge in [-0.3, -0.25) is 14.6 Å². The number of hydrogen-bond donors (Lipinski definition) is 1. The first-order valence-corrected chi connectivity index (χ1v) is 10.4. The molecule has 2 aromatic heterocycles. The number of carbonyl (C=O) groups excluding carboxylic acids is 1. The summed E-state index contributed by atoms with van der Waals surface area (Å²) in [6, 6.07) is 0. The fourth-order valence-corrected chi connectivity index (χ4v) is 4.01. The van der Waals surface area contributed by atoms with Gasteiger partial charge in [0.15, 0.2) is 4.77 Å². The summed E-state index contributed by atoms with van der Waals surface area (Å²) in [6.07, 6.45) is 5.14. The summed E-state index contributed by atoms with van der Waals surface area (Å²) in [5, 5.41) is 12.2. The number of hydrogen-bond acceptors (Lipinski definition) is 4. The molecule has 1 aliphatic rings. The lowest BCUT2D eigenvalue weighted by Crippen LogP contribution is -2.37. The predicted octanol–water partition coefficient (Wildman–Crippen LogP) is 3.71. The van der Waals surface area contributed by atoms with E-state index < -0.39 is 0 Å². The molecule has 0 aliphatic carbocycles. The summed E-state index contributed by atoms with van der Waals surface area (Å²) in [6.45, 7) is 8.31. The Morgan fingerprint density at radius 3 is 2.64 bits per heavy atom. The lowest BCUT2D eigenvalue weighted by molar-refractivity contribution is -0.127. The average molecular weight is 423 g/mol. The van der Waals surface area contributed by atoms with Crippen molar-refractivity contribution < 1.29 is 4.79 Å². The van der Waals surface area contributed by atoms with E-state index in [1.807, 2.05) is 23.4 Å². The van der Waals surface area contributed by atoms with Gasteiger partial charge in [-0.2, -0.15) is 10.2 Å². The van der Waals surface area contributed by atoms with Crippen LogP contribution in [0.25, 0.3) is 6.08 Å². The molecular weight excluding hydrogens is 396 g/mol. The Balaban J connectivity index is 1.62. The van der Waals surface area contributed by atoms with Crippen molar-refractivity contribution in [2.75, 3.05) is 13.1 Å². The van der Waals surface area contributed by atoms with Crippen LogP contribution in [0.5, 0.6) is 0 Å². The van der Waals surface area contributed by atoms with Gasteiger partial charge in [-0.1, -0.05) is 25.4 Å². The zero-order valence-corrected chi connectivity index (χ0v) is 18.3. The Labute approximate surface area is 175 Å². The Hall–Kier alpha value is -1.93. The normalized spacial score (nSPS) is 15.9. The molecule has 28 heavy (non-hydrogen) atoms. The van der Waals surface area contributed by atoms with E-state index in [1.165, 1.54) is 0 Å². The minimum Gasteiger partial charge on any atom is -0.339 e. The summed E-state index contributed by atoms with van der Waals surface area (Å²) in [5.41, 5.74) is 1.64. The van der Waals surface area contributed by atoms with Gasteiger partial charge in [0.05, 0.1) is 5.69 Å². The van der Waals surface area contributed by atoms with Gasteiger partial charge in [0.1, 0.15) is 11.0 Å². The number of aromatic nitrogens is 5. The number of nitrogens with one attached hydrogen (secondary N) is 1. The molecule has 2 aromatic rings. The van der Waals surface area contributed by atoms with Gasteiger partial charge < -0.3 is 9.47 Å². The van der Waals surface area contributed by atoms with Crippen LogP contribution in [0.4, 0.5) is 0 Å². The zero-order chi connectivity index (χ0) is 20.4. The van der Waals surface area contributed by atoms with Crippen molar-refractivity contribution in [3.8, 4) is 0 Å². The Bertz CT molecular complexity index is 933. The van der Waals surface area contributed by atoms with Crippen molar-refractivity contribution in [3.05, 3.63) is 33.1 Å². The summed E-state index contributed by atoms with van der Waals surface area (Å²) in [7, 11) is 1.92. The topological polar surface area (TPSA) is 71.7 Å². The summed E-state index contributed by atoms with van der Waals surface area (Å²) < 4.78 is 4.34. The highest BCUT2D eigenvalue weighted by molar-refractivity contribution is 7.71. The largest absolute Gasteiger partial charge is 0.339 e. The number of aromatic amines is 1. The summed E-state index contributed by atoms with van der Waals surface area (Å²) in [5.74, 6) is 1.73. The van der Waals surface area contributed by atoms with E-state index in [1.54, 1.807) is 16.8 Å². The van der Waals surface area contributed by atoms with Gasteiger partial charge in [-0.25, -0.2) is 0 Å². The number of likely N-dealkylation sites (tertiary alicyclic amines) is 1. The van der Waals surface area contributed by atoms with Gasteiger partial charge in [-0.05, 0) is 44.0 Å². The molecule has 0 bridgehead atoms. The molecule has 3 rings (SSSR count). The number of H-pyrrole nitrogens is 1. The van der Waals surface area contributed by atoms with Crippen molar-refractivity contribution in [2.45, 2.75) is 46.1 Å². The van der Waals surface area contributed by atoms with Gasteiger partial charge in [0.25, 0.3) is 0 Å². The molecule has 0 spiro atoms. The maximum Gasteiger partial charge on any atom is 0.246 e. The Kier molecular flexibility index (Phi) is 6.40. The molecule has 0 unspecified atom stereocenters. The highest BCUT2D eigenvalue weighted by Gasteiger charge is 2.25. The van der Waals surface area contributed by atoms with Gasteiger partial charge in [0, 0.05) is 44.2 Å². The lowest BCUT2D eigenvalue weighted by atomic mass is 9.96. The van der Waals surface area contributed by atoms with E-state index >= 15 is 0 Å². The van der Waals surface area contributed by atoms with E-state index in [0.717, 1.165) is 36.5 Å². The molecule has 3 heterocycles. The van der Waals surface area contributed by atoms with Crippen LogP contribution in [0.2, 0.25) is 5.15 Å². The third kappa shape index (κ3) is 4.38. The number of amides is 1. The molecule has 1 amide bonds. The van der Waals surface area contributed by atoms with Crippen molar-refractivity contribution in [2.24, 2.45) is 13.0 Å². The van der Waals surface area contributed by atoms with Crippen LogP contribution >= 0.6 is 23.8 Å². The highest BCUT2D eigenvalue weighted by atomic mass is 35.5. The maximum absolute atomic E-state index is 12.6. The minimum atomic E-state index is 0.000822. The summed E-state index contributed by atoms with van der Waals surface area (Å²) in [4.78, 5) is 14.5. The molecule has 1 saturated heterocycles. The first-order chi connectivity index (χ1) is 13.3. The fourth-order valence-electron chi connectivity index (χ4n) is 3.57. The standard InChI is InChI=1S/C19H27ClN6OS/c1-12(2)11-26-17(20)15(13(3)23-26)5-6-16(27)25-9-7-14(8-10-25)18-21-22-19(28)24(18)4/h5-6,12,14H,7-11H2,1-4H3,(H,22,28)/b6-5+. The third-order valence-electron chi connectivity index (χ3n) is 5.13. The van der Waals surface area contributed by atoms with E-state index in [-0.39, 0.29) is 5.91 Å². The second-order valence-corrected chi connectivity index (χ2v) is 8.49. The predicted molar refractivity (Wildman–Crippen MR) is 113 cm³/mol. The fraction of sp³-hybridized carbons (Fsp3) is 0.579. The SMILES string of the molecule is Cc1nn(CC(C)C)c(Cl)c1/C=C/C(=O)N1CCC(c2n[nH]c(=S)n2C)CC1. The highest BCUT2D eigenvalue weighted by Crippen LogP contribution is 2.27. The second-order valence-electron chi connectivity index (χ2n) is 7.74. The molecule has 7 nitrogen and oxygen atoms in total. The van der Waals surface area contributed by atoms with Crippen molar-refractivity contribution >= 4 is 35.8 Å². The first kappa shape index (κ1) is 20.8. The van der Waals surface area contributed by atoms with Crippen LogP contribution in [-0.2, 0) is 18.4 Å². The number of aryl methyl sites for hydroxylation is 1. The van der Waals surface area contributed by atoms with E-state index in [9.17, 15) is 4.79 Å².